The van der Waals surface area contributed by atoms with Gasteiger partial charge in [-0.15, -0.1) is 0 Å². The molecule has 5 heteroatoms. The van der Waals surface area contributed by atoms with E-state index in [0.717, 1.165) is 10.9 Å². The van der Waals surface area contributed by atoms with Gasteiger partial charge < -0.3 is 4.98 Å². The molecule has 2 aromatic rings. The van der Waals surface area contributed by atoms with Gasteiger partial charge in [0.2, 0.25) is 0 Å². The van der Waals surface area contributed by atoms with Crippen molar-refractivity contribution < 1.29 is 14.8 Å². The predicted octanol–water partition coefficient (Wildman–Crippen LogP) is 0.856. The lowest BCUT2D eigenvalue weighted by atomic mass is 10.2. The van der Waals surface area contributed by atoms with Crippen LogP contribution in [0.3, 0.4) is 0 Å². The van der Waals surface area contributed by atoms with E-state index in [1.54, 1.807) is 12.1 Å². The van der Waals surface area contributed by atoms with Crippen LogP contribution in [0.4, 0.5) is 0 Å². The van der Waals surface area contributed by atoms with E-state index in [0.29, 0.717) is 0 Å². The van der Waals surface area contributed by atoms with Crippen LogP contribution in [-0.4, -0.2) is 21.9 Å². The molecule has 0 saturated carbocycles. The zero-order valence-corrected chi connectivity index (χ0v) is 7.65. The van der Waals surface area contributed by atoms with E-state index in [9.17, 15) is 9.59 Å². The largest absolute Gasteiger partial charge is 0.352 e. The number of benzene rings is 1. The van der Waals surface area contributed by atoms with Crippen molar-refractivity contribution in [3.8, 4) is 0 Å². The number of aromatic amines is 1. The number of rotatable bonds is 2. The van der Waals surface area contributed by atoms with Gasteiger partial charge in [0.1, 0.15) is 0 Å². The van der Waals surface area contributed by atoms with Gasteiger partial charge in [-0.2, -0.15) is 0 Å². The Morgan fingerprint density at radius 3 is 2.67 bits per heavy atom. The Kier molecular flexibility index (Phi) is 2.23. The molecule has 0 aliphatic carbocycles. The SMILES string of the molecule is O=C(NO)C(=O)c1cc2ccccc2[nH]1. The van der Waals surface area contributed by atoms with Crippen molar-refractivity contribution in [2.45, 2.75) is 0 Å². The molecule has 3 N–H and O–H groups in total. The third-order valence-electron chi connectivity index (χ3n) is 2.08. The maximum atomic E-state index is 11.3. The number of hydroxylamine groups is 1. The quantitative estimate of drug-likeness (QED) is 0.293. The molecule has 0 unspecified atom stereocenters. The number of hydrogen-bond acceptors (Lipinski definition) is 3. The first-order chi connectivity index (χ1) is 7.22. The molecule has 1 amide bonds. The van der Waals surface area contributed by atoms with Crippen LogP contribution in [0.5, 0.6) is 0 Å². The van der Waals surface area contributed by atoms with E-state index in [1.165, 1.54) is 5.48 Å². The highest BCUT2D eigenvalue weighted by molar-refractivity contribution is 6.42. The normalized spacial score (nSPS) is 10.2. The second-order valence-electron chi connectivity index (χ2n) is 3.04. The maximum absolute atomic E-state index is 11.3. The minimum atomic E-state index is -1.05. The van der Waals surface area contributed by atoms with Crippen molar-refractivity contribution in [2.75, 3.05) is 0 Å². The second kappa shape index (κ2) is 3.55. The third-order valence-corrected chi connectivity index (χ3v) is 2.08. The Morgan fingerprint density at radius 1 is 1.27 bits per heavy atom. The van der Waals surface area contributed by atoms with Crippen molar-refractivity contribution in [1.82, 2.24) is 10.5 Å². The van der Waals surface area contributed by atoms with Gasteiger partial charge in [0.05, 0.1) is 5.69 Å². The van der Waals surface area contributed by atoms with E-state index in [2.05, 4.69) is 4.98 Å². The van der Waals surface area contributed by atoms with Crippen LogP contribution in [-0.2, 0) is 4.79 Å². The second-order valence-corrected chi connectivity index (χ2v) is 3.04. The number of hydrogen-bond donors (Lipinski definition) is 3. The van der Waals surface area contributed by atoms with Gasteiger partial charge in [0.15, 0.2) is 0 Å². The average Bonchev–Trinajstić information content (AvgIpc) is 2.70. The molecular weight excluding hydrogens is 196 g/mol. The molecule has 0 bridgehead atoms. The van der Waals surface area contributed by atoms with Gasteiger partial charge in [0.25, 0.3) is 5.78 Å². The average molecular weight is 204 g/mol. The minimum absolute atomic E-state index is 0.155. The lowest BCUT2D eigenvalue weighted by Crippen LogP contribution is -2.28. The highest BCUT2D eigenvalue weighted by Crippen LogP contribution is 2.14. The number of carbonyl (C=O) groups is 2. The molecular formula is C10H8N2O3. The Labute approximate surface area is 84.7 Å². The Bertz CT molecular complexity index is 497. The number of aromatic nitrogens is 1. The van der Waals surface area contributed by atoms with Gasteiger partial charge >= 0.3 is 5.91 Å². The topological polar surface area (TPSA) is 82.2 Å². The van der Waals surface area contributed by atoms with Crippen LogP contribution < -0.4 is 5.48 Å². The van der Waals surface area contributed by atoms with Crippen molar-refractivity contribution in [1.29, 1.82) is 0 Å². The van der Waals surface area contributed by atoms with Crippen LogP contribution in [0.2, 0.25) is 0 Å². The van der Waals surface area contributed by atoms with Crippen molar-refractivity contribution in [3.05, 3.63) is 36.0 Å². The zero-order valence-electron chi connectivity index (χ0n) is 7.65. The first kappa shape index (κ1) is 9.42. The summed E-state index contributed by atoms with van der Waals surface area (Å²) >= 11 is 0. The van der Waals surface area contributed by atoms with E-state index in [4.69, 9.17) is 5.21 Å². The molecule has 0 fully saturated rings. The molecule has 15 heavy (non-hydrogen) atoms. The predicted molar refractivity (Wildman–Crippen MR) is 52.6 cm³/mol. The number of H-pyrrole nitrogens is 1. The fraction of sp³-hybridized carbons (Fsp3) is 0. The molecule has 0 saturated heterocycles. The van der Waals surface area contributed by atoms with Crippen LogP contribution in [0.25, 0.3) is 10.9 Å². The number of nitrogens with one attached hydrogen (secondary N) is 2. The summed E-state index contributed by atoms with van der Waals surface area (Å²) in [5.41, 5.74) is 2.22. The third kappa shape index (κ3) is 1.60. The van der Waals surface area contributed by atoms with Crippen molar-refractivity contribution in [3.63, 3.8) is 0 Å². The fourth-order valence-electron chi connectivity index (χ4n) is 1.37. The number of amides is 1. The van der Waals surface area contributed by atoms with E-state index < -0.39 is 11.7 Å². The molecule has 76 valence electrons. The summed E-state index contributed by atoms with van der Waals surface area (Å²) in [4.78, 5) is 25.0. The summed E-state index contributed by atoms with van der Waals surface area (Å²) in [6.07, 6.45) is 0. The fourth-order valence-corrected chi connectivity index (χ4v) is 1.37. The van der Waals surface area contributed by atoms with E-state index in [-0.39, 0.29) is 5.69 Å². The van der Waals surface area contributed by atoms with Crippen LogP contribution in [0.1, 0.15) is 10.5 Å². The molecule has 2 rings (SSSR count). The van der Waals surface area contributed by atoms with Gasteiger partial charge in [0, 0.05) is 10.9 Å². The summed E-state index contributed by atoms with van der Waals surface area (Å²) in [6, 6.07) is 8.82. The molecule has 1 aromatic heterocycles. The highest BCUT2D eigenvalue weighted by Gasteiger charge is 2.17. The number of carbonyl (C=O) groups excluding carboxylic acids is 2. The summed E-state index contributed by atoms with van der Waals surface area (Å²) in [7, 11) is 0. The maximum Gasteiger partial charge on any atom is 0.317 e. The lowest BCUT2D eigenvalue weighted by molar-refractivity contribution is -0.124. The van der Waals surface area contributed by atoms with Crippen LogP contribution in [0, 0.1) is 0 Å². The van der Waals surface area contributed by atoms with Gasteiger partial charge in [-0.05, 0) is 12.1 Å². The van der Waals surface area contributed by atoms with E-state index >= 15 is 0 Å². The lowest BCUT2D eigenvalue weighted by Gasteiger charge is -1.93. The monoisotopic (exact) mass is 204 g/mol. The van der Waals surface area contributed by atoms with Gasteiger partial charge in [-0.1, -0.05) is 18.2 Å². The molecule has 1 aromatic carbocycles. The number of ketones is 1. The van der Waals surface area contributed by atoms with Crippen molar-refractivity contribution in [2.24, 2.45) is 0 Å². The highest BCUT2D eigenvalue weighted by atomic mass is 16.5. The molecule has 0 atom stereocenters. The van der Waals surface area contributed by atoms with Crippen LogP contribution >= 0.6 is 0 Å². The molecule has 1 heterocycles. The standard InChI is InChI=1S/C10H8N2O3/c13-9(10(14)12-15)8-5-6-3-1-2-4-7(6)11-8/h1-5,11,15H,(H,12,14). The summed E-state index contributed by atoms with van der Waals surface area (Å²) < 4.78 is 0. The molecule has 0 aliphatic heterocycles. The first-order valence-corrected chi connectivity index (χ1v) is 4.29. The Hall–Kier alpha value is -2.14. The molecule has 5 nitrogen and oxygen atoms in total. The summed E-state index contributed by atoms with van der Waals surface area (Å²) in [5.74, 6) is -1.85. The van der Waals surface area contributed by atoms with Gasteiger partial charge in [-0.25, -0.2) is 5.48 Å². The van der Waals surface area contributed by atoms with Gasteiger partial charge in [-0.3, -0.25) is 14.8 Å². The summed E-state index contributed by atoms with van der Waals surface area (Å²) in [6.45, 7) is 0. The Balaban J connectivity index is 2.45. The minimum Gasteiger partial charge on any atom is -0.352 e. The number of para-hydroxylation sites is 1. The molecule has 0 radical (unpaired) electrons. The number of Topliss-reactive ketones (excluding diaryl/α,β-unsaturated/α-hetero) is 1. The molecule has 0 aliphatic rings. The number of fused-ring (bicyclic) bond motifs is 1. The zero-order chi connectivity index (χ0) is 10.8. The summed E-state index contributed by atoms with van der Waals surface area (Å²) in [5, 5.41) is 9.15. The smallest absolute Gasteiger partial charge is 0.317 e. The van der Waals surface area contributed by atoms with Crippen LogP contribution in [0.15, 0.2) is 30.3 Å². The Morgan fingerprint density at radius 2 is 2.00 bits per heavy atom. The first-order valence-electron chi connectivity index (χ1n) is 4.29. The van der Waals surface area contributed by atoms with E-state index in [1.807, 2.05) is 18.2 Å². The molecule has 0 spiro atoms. The van der Waals surface area contributed by atoms with Crippen molar-refractivity contribution >= 4 is 22.6 Å².